The van der Waals surface area contributed by atoms with Gasteiger partial charge in [0.25, 0.3) is 5.92 Å². The summed E-state index contributed by atoms with van der Waals surface area (Å²) >= 11 is 0. The first kappa shape index (κ1) is 22.5. The molecule has 4 rings (SSSR count). The van der Waals surface area contributed by atoms with Crippen molar-refractivity contribution in [2.75, 3.05) is 0 Å². The normalized spacial score (nSPS) is 43.4. The lowest BCUT2D eigenvalue weighted by atomic mass is 9.49. The number of aliphatic hydroxyl groups is 1. The lowest BCUT2D eigenvalue weighted by molar-refractivity contribution is -0.124. The van der Waals surface area contributed by atoms with Crippen LogP contribution in [0.1, 0.15) is 92.4 Å². The summed E-state index contributed by atoms with van der Waals surface area (Å²) in [6.45, 7) is 11.6. The first-order valence-corrected chi connectivity index (χ1v) is 12.5. The van der Waals surface area contributed by atoms with Crippen molar-refractivity contribution < 1.29 is 13.9 Å². The Kier molecular flexibility index (Phi) is 5.78. The standard InChI is InChI=1S/C27H42F2O/c1-17(2)7-6-8-18(3)20-10-11-21-19-9-12-23-26(5,16-14-24(30)27(23,28)29)22(19)13-15-25(20,21)4/h9,12,17-18,20-22,24,30H,6-8,10-11,13-16H2,1-5H3/t18-,20-,21+,22+,24-,25-,26-/m1/s1. The fourth-order valence-corrected chi connectivity index (χ4v) is 8.09. The van der Waals surface area contributed by atoms with Gasteiger partial charge in [0.2, 0.25) is 0 Å². The van der Waals surface area contributed by atoms with Crippen molar-refractivity contribution in [3.05, 3.63) is 23.3 Å². The molecular weight excluding hydrogens is 378 g/mol. The van der Waals surface area contributed by atoms with Crippen LogP contribution in [0.15, 0.2) is 23.3 Å². The minimum absolute atomic E-state index is 0.197. The molecule has 0 spiro atoms. The highest BCUT2D eigenvalue weighted by molar-refractivity contribution is 5.42. The zero-order chi connectivity index (χ0) is 21.9. The molecule has 0 heterocycles. The van der Waals surface area contributed by atoms with Gasteiger partial charge in [0.1, 0.15) is 6.10 Å². The summed E-state index contributed by atoms with van der Waals surface area (Å²) in [7, 11) is 0. The average Bonchev–Trinajstić information content (AvgIpc) is 3.02. The fourth-order valence-electron chi connectivity index (χ4n) is 8.09. The molecule has 0 aliphatic heterocycles. The van der Waals surface area contributed by atoms with Crippen molar-refractivity contribution >= 4 is 0 Å². The smallest absolute Gasteiger partial charge is 0.295 e. The van der Waals surface area contributed by atoms with Gasteiger partial charge in [-0.3, -0.25) is 0 Å². The van der Waals surface area contributed by atoms with Crippen LogP contribution in [-0.4, -0.2) is 17.1 Å². The summed E-state index contributed by atoms with van der Waals surface area (Å²) < 4.78 is 29.8. The SMILES string of the molecule is CC(C)CCC[C@@H](C)[C@H]1CC[C@H]2C3=CC=C4C(F)(F)[C@H](O)CC[C@]4(C)[C@H]3CC[C@]12C. The van der Waals surface area contributed by atoms with Crippen LogP contribution in [0.4, 0.5) is 8.78 Å². The van der Waals surface area contributed by atoms with Crippen LogP contribution in [0.3, 0.4) is 0 Å². The summed E-state index contributed by atoms with van der Waals surface area (Å²) in [5.74, 6) is -0.0350. The fraction of sp³-hybridized carbons (Fsp3) is 0.852. The van der Waals surface area contributed by atoms with Gasteiger partial charge in [-0.2, -0.15) is 8.78 Å². The molecule has 3 fully saturated rings. The number of aliphatic hydroxyl groups excluding tert-OH is 1. The topological polar surface area (TPSA) is 20.2 Å². The summed E-state index contributed by atoms with van der Waals surface area (Å²) in [5, 5.41) is 9.97. The largest absolute Gasteiger partial charge is 0.386 e. The van der Waals surface area contributed by atoms with E-state index in [0.717, 1.165) is 30.6 Å². The highest BCUT2D eigenvalue weighted by Gasteiger charge is 2.61. The first-order valence-electron chi connectivity index (χ1n) is 12.5. The molecule has 0 aromatic carbocycles. The predicted octanol–water partition coefficient (Wildman–Crippen LogP) is 7.55. The van der Waals surface area contributed by atoms with Crippen molar-refractivity contribution in [2.45, 2.75) is 104 Å². The van der Waals surface area contributed by atoms with Gasteiger partial charge in [-0.25, -0.2) is 0 Å². The van der Waals surface area contributed by atoms with E-state index in [-0.39, 0.29) is 17.9 Å². The first-order chi connectivity index (χ1) is 14.0. The van der Waals surface area contributed by atoms with Gasteiger partial charge < -0.3 is 5.11 Å². The van der Waals surface area contributed by atoms with Crippen LogP contribution in [-0.2, 0) is 0 Å². The highest BCUT2D eigenvalue weighted by Crippen LogP contribution is 2.67. The number of alkyl halides is 2. The predicted molar refractivity (Wildman–Crippen MR) is 119 cm³/mol. The van der Waals surface area contributed by atoms with Crippen molar-refractivity contribution in [3.8, 4) is 0 Å². The van der Waals surface area contributed by atoms with Gasteiger partial charge in [0.05, 0.1) is 0 Å². The van der Waals surface area contributed by atoms with Crippen LogP contribution in [0, 0.1) is 40.4 Å². The number of rotatable bonds is 5. The van der Waals surface area contributed by atoms with E-state index in [0.29, 0.717) is 17.8 Å². The molecule has 0 bridgehead atoms. The van der Waals surface area contributed by atoms with E-state index in [9.17, 15) is 13.9 Å². The zero-order valence-corrected chi connectivity index (χ0v) is 19.7. The second-order valence-electron chi connectivity index (χ2n) is 12.0. The number of allylic oxidation sites excluding steroid dienone is 3. The van der Waals surface area contributed by atoms with Crippen molar-refractivity contribution in [1.82, 2.24) is 0 Å². The van der Waals surface area contributed by atoms with E-state index >= 15 is 0 Å². The van der Waals surface area contributed by atoms with E-state index in [1.54, 1.807) is 6.08 Å². The molecular formula is C27H42F2O. The molecule has 170 valence electrons. The molecule has 0 saturated heterocycles. The van der Waals surface area contributed by atoms with Crippen LogP contribution in [0.5, 0.6) is 0 Å². The summed E-state index contributed by atoms with van der Waals surface area (Å²) in [6, 6.07) is 0. The number of fused-ring (bicyclic) bond motifs is 5. The van der Waals surface area contributed by atoms with Gasteiger partial charge in [-0.1, -0.05) is 71.6 Å². The Labute approximate surface area is 182 Å². The molecule has 0 unspecified atom stereocenters. The molecule has 0 radical (unpaired) electrons. The minimum atomic E-state index is -3.08. The molecule has 7 atom stereocenters. The molecule has 3 heteroatoms. The zero-order valence-electron chi connectivity index (χ0n) is 19.7. The number of halogens is 2. The molecule has 0 aromatic heterocycles. The number of hydrogen-bond donors (Lipinski definition) is 1. The Morgan fingerprint density at radius 2 is 1.70 bits per heavy atom. The van der Waals surface area contributed by atoms with Gasteiger partial charge in [-0.05, 0) is 73.5 Å². The lowest BCUT2D eigenvalue weighted by Gasteiger charge is -2.56. The second-order valence-corrected chi connectivity index (χ2v) is 12.0. The van der Waals surface area contributed by atoms with Crippen molar-refractivity contribution in [2.24, 2.45) is 40.4 Å². The molecule has 4 aliphatic carbocycles. The van der Waals surface area contributed by atoms with Crippen molar-refractivity contribution in [1.29, 1.82) is 0 Å². The molecule has 0 aromatic rings. The van der Waals surface area contributed by atoms with E-state index in [1.807, 2.05) is 0 Å². The molecule has 0 amide bonds. The van der Waals surface area contributed by atoms with Gasteiger partial charge in [-0.15, -0.1) is 0 Å². The maximum atomic E-state index is 14.9. The molecule has 30 heavy (non-hydrogen) atoms. The van der Waals surface area contributed by atoms with Crippen LogP contribution < -0.4 is 0 Å². The third-order valence-electron chi connectivity index (χ3n) is 9.86. The third kappa shape index (κ3) is 3.33. The minimum Gasteiger partial charge on any atom is -0.386 e. The van der Waals surface area contributed by atoms with Gasteiger partial charge in [0, 0.05) is 11.0 Å². The Morgan fingerprint density at radius 1 is 0.967 bits per heavy atom. The van der Waals surface area contributed by atoms with E-state index in [4.69, 9.17) is 0 Å². The van der Waals surface area contributed by atoms with Crippen LogP contribution in [0.25, 0.3) is 0 Å². The number of hydrogen-bond acceptors (Lipinski definition) is 1. The Morgan fingerprint density at radius 3 is 2.40 bits per heavy atom. The van der Waals surface area contributed by atoms with E-state index in [2.05, 4.69) is 40.7 Å². The van der Waals surface area contributed by atoms with E-state index < -0.39 is 17.4 Å². The Hall–Kier alpha value is -0.700. The maximum absolute atomic E-state index is 14.9. The monoisotopic (exact) mass is 420 g/mol. The lowest BCUT2D eigenvalue weighted by Crippen LogP contribution is -2.53. The van der Waals surface area contributed by atoms with Crippen LogP contribution in [0.2, 0.25) is 0 Å². The highest BCUT2D eigenvalue weighted by atomic mass is 19.3. The Bertz CT molecular complexity index is 722. The summed E-state index contributed by atoms with van der Waals surface area (Å²) in [4.78, 5) is 0. The summed E-state index contributed by atoms with van der Waals surface area (Å²) in [5.41, 5.74) is 1.48. The van der Waals surface area contributed by atoms with Gasteiger partial charge >= 0.3 is 0 Å². The average molecular weight is 421 g/mol. The Balaban J connectivity index is 1.58. The van der Waals surface area contributed by atoms with Gasteiger partial charge in [0.15, 0.2) is 0 Å². The summed E-state index contributed by atoms with van der Waals surface area (Å²) in [6.07, 6.45) is 11.8. The van der Waals surface area contributed by atoms with Crippen LogP contribution >= 0.6 is 0 Å². The van der Waals surface area contributed by atoms with Crippen molar-refractivity contribution in [3.63, 3.8) is 0 Å². The molecule has 1 N–H and O–H groups in total. The van der Waals surface area contributed by atoms with E-state index in [1.165, 1.54) is 37.7 Å². The molecule has 3 saturated carbocycles. The molecule has 1 nitrogen and oxygen atoms in total. The maximum Gasteiger partial charge on any atom is 0.295 e. The second kappa shape index (κ2) is 7.71. The quantitative estimate of drug-likeness (QED) is 0.487. The third-order valence-corrected chi connectivity index (χ3v) is 9.86. The molecule has 4 aliphatic rings.